The molecule has 3 aromatic carbocycles. The predicted molar refractivity (Wildman–Crippen MR) is 153 cm³/mol. The average molecular weight is 530 g/mol. The van der Waals surface area contributed by atoms with Crippen molar-refractivity contribution < 1.29 is 19.4 Å². The van der Waals surface area contributed by atoms with Gasteiger partial charge in [0.2, 0.25) is 0 Å². The Bertz CT molecular complexity index is 1180. The molecule has 2 amide bonds. The standard InChI is InChI=1S/C32H39N3O4/c1-4-19-35(3)21-28-29(25-9-7-6-8-10-25)30(26-15-13-24(22-36)14-16-26)39-31(38-28)27-17-11-23(12-18-27)20-34-32(37)33-5-2/h4,6-18,28-31,36H,1,5,19-22H2,2-3H3,(H2,33,34,37)/t28-,29-,30+,31?/m1/s1. The van der Waals surface area contributed by atoms with E-state index in [1.54, 1.807) is 0 Å². The summed E-state index contributed by atoms with van der Waals surface area (Å²) in [6.07, 6.45) is 0.908. The Morgan fingerprint density at radius 1 is 0.923 bits per heavy atom. The van der Waals surface area contributed by atoms with Crippen molar-refractivity contribution in [2.24, 2.45) is 0 Å². The van der Waals surface area contributed by atoms with Gasteiger partial charge >= 0.3 is 6.03 Å². The van der Waals surface area contributed by atoms with Crippen molar-refractivity contribution in [1.82, 2.24) is 15.5 Å². The zero-order valence-corrected chi connectivity index (χ0v) is 22.8. The first-order valence-electron chi connectivity index (χ1n) is 13.5. The number of urea groups is 1. The van der Waals surface area contributed by atoms with Crippen LogP contribution in [0.4, 0.5) is 4.79 Å². The first-order chi connectivity index (χ1) is 19.0. The van der Waals surface area contributed by atoms with Crippen molar-refractivity contribution in [2.45, 2.75) is 44.5 Å². The van der Waals surface area contributed by atoms with Crippen LogP contribution >= 0.6 is 0 Å². The number of hydrogen-bond acceptors (Lipinski definition) is 5. The first kappa shape index (κ1) is 28.5. The highest BCUT2D eigenvalue weighted by Gasteiger charge is 2.42. The Balaban J connectivity index is 1.65. The molecule has 1 aliphatic heterocycles. The minimum atomic E-state index is -0.569. The normalized spacial score (nSPS) is 20.9. The number of rotatable bonds is 11. The number of benzene rings is 3. The van der Waals surface area contributed by atoms with Crippen LogP contribution in [0.1, 0.15) is 53.1 Å². The molecule has 3 aromatic rings. The van der Waals surface area contributed by atoms with Crippen LogP contribution in [0.15, 0.2) is 91.5 Å². The Morgan fingerprint density at radius 3 is 2.23 bits per heavy atom. The third-order valence-corrected chi connectivity index (χ3v) is 6.95. The summed E-state index contributed by atoms with van der Waals surface area (Å²) in [5.41, 5.74) is 4.94. The number of likely N-dealkylation sites (N-methyl/N-ethyl adjacent to an activating group) is 1. The number of ether oxygens (including phenoxy) is 2. The monoisotopic (exact) mass is 529 g/mol. The van der Waals surface area contributed by atoms with E-state index in [2.05, 4.69) is 41.3 Å². The molecule has 4 rings (SSSR count). The minimum Gasteiger partial charge on any atom is -0.392 e. The van der Waals surface area contributed by atoms with Crippen molar-refractivity contribution in [2.75, 3.05) is 26.7 Å². The second-order valence-electron chi connectivity index (χ2n) is 9.86. The lowest BCUT2D eigenvalue weighted by atomic mass is 9.83. The van der Waals surface area contributed by atoms with Crippen LogP contribution < -0.4 is 10.6 Å². The van der Waals surface area contributed by atoms with E-state index in [-0.39, 0.29) is 30.8 Å². The fourth-order valence-corrected chi connectivity index (χ4v) is 4.97. The molecule has 0 spiro atoms. The van der Waals surface area contributed by atoms with Crippen LogP contribution in [0, 0.1) is 0 Å². The topological polar surface area (TPSA) is 83.1 Å². The SMILES string of the molecule is C=CCN(C)C[C@H]1OC(c2ccc(CNC(=O)NCC)cc2)O[C@@H](c2ccc(CO)cc2)[C@@H]1c1ccccc1. The minimum absolute atomic E-state index is 0.00403. The van der Waals surface area contributed by atoms with Crippen molar-refractivity contribution in [3.8, 4) is 0 Å². The van der Waals surface area contributed by atoms with E-state index in [0.717, 1.165) is 34.4 Å². The molecule has 206 valence electrons. The molecule has 1 aliphatic rings. The first-order valence-corrected chi connectivity index (χ1v) is 13.5. The Labute approximate surface area is 231 Å². The van der Waals surface area contributed by atoms with E-state index in [0.29, 0.717) is 19.6 Å². The Hall–Kier alpha value is -3.49. The summed E-state index contributed by atoms with van der Waals surface area (Å²) in [7, 11) is 2.07. The largest absolute Gasteiger partial charge is 0.392 e. The molecule has 3 N–H and O–H groups in total. The summed E-state index contributed by atoms with van der Waals surface area (Å²) >= 11 is 0. The van der Waals surface area contributed by atoms with Crippen LogP contribution in [-0.4, -0.2) is 48.8 Å². The number of carbonyl (C=O) groups is 1. The van der Waals surface area contributed by atoms with E-state index in [1.807, 2.05) is 79.7 Å². The van der Waals surface area contributed by atoms with Crippen LogP contribution in [0.25, 0.3) is 0 Å². The van der Waals surface area contributed by atoms with Gasteiger partial charge in [-0.2, -0.15) is 0 Å². The average Bonchev–Trinajstić information content (AvgIpc) is 2.97. The predicted octanol–water partition coefficient (Wildman–Crippen LogP) is 5.05. The van der Waals surface area contributed by atoms with Crippen molar-refractivity contribution in [1.29, 1.82) is 0 Å². The molecule has 7 heteroatoms. The molecule has 39 heavy (non-hydrogen) atoms. The molecule has 1 fully saturated rings. The van der Waals surface area contributed by atoms with E-state index in [4.69, 9.17) is 9.47 Å². The molecular weight excluding hydrogens is 490 g/mol. The van der Waals surface area contributed by atoms with Crippen LogP contribution in [0.2, 0.25) is 0 Å². The molecule has 1 saturated heterocycles. The zero-order chi connectivity index (χ0) is 27.6. The van der Waals surface area contributed by atoms with Gasteiger partial charge in [-0.25, -0.2) is 4.79 Å². The van der Waals surface area contributed by atoms with Crippen LogP contribution in [0.5, 0.6) is 0 Å². The lowest BCUT2D eigenvalue weighted by Crippen LogP contribution is -2.43. The van der Waals surface area contributed by atoms with Gasteiger partial charge in [0.05, 0.1) is 18.8 Å². The van der Waals surface area contributed by atoms with Gasteiger partial charge in [0, 0.05) is 37.7 Å². The van der Waals surface area contributed by atoms with Crippen molar-refractivity contribution in [3.05, 3.63) is 119 Å². The van der Waals surface area contributed by atoms with Crippen LogP contribution in [0.3, 0.4) is 0 Å². The summed E-state index contributed by atoms with van der Waals surface area (Å²) in [4.78, 5) is 14.0. The molecule has 1 unspecified atom stereocenters. The molecule has 4 atom stereocenters. The third-order valence-electron chi connectivity index (χ3n) is 6.95. The van der Waals surface area contributed by atoms with Gasteiger partial charge in [0.15, 0.2) is 6.29 Å². The summed E-state index contributed by atoms with van der Waals surface area (Å²) < 4.78 is 13.4. The number of nitrogens with one attached hydrogen (secondary N) is 2. The molecule has 0 aliphatic carbocycles. The lowest BCUT2D eigenvalue weighted by molar-refractivity contribution is -0.263. The van der Waals surface area contributed by atoms with Gasteiger partial charge in [0.25, 0.3) is 0 Å². The highest BCUT2D eigenvalue weighted by molar-refractivity contribution is 5.73. The molecule has 0 saturated carbocycles. The molecule has 0 radical (unpaired) electrons. The smallest absolute Gasteiger partial charge is 0.315 e. The summed E-state index contributed by atoms with van der Waals surface area (Å²) in [5.74, 6) is -0.0461. The zero-order valence-electron chi connectivity index (χ0n) is 22.8. The van der Waals surface area contributed by atoms with Crippen molar-refractivity contribution in [3.63, 3.8) is 0 Å². The van der Waals surface area contributed by atoms with E-state index in [9.17, 15) is 9.90 Å². The quantitative estimate of drug-likeness (QED) is 0.303. The van der Waals surface area contributed by atoms with Crippen LogP contribution in [-0.2, 0) is 22.6 Å². The number of hydrogen-bond donors (Lipinski definition) is 3. The highest BCUT2D eigenvalue weighted by Crippen LogP contribution is 2.47. The number of aliphatic hydroxyl groups is 1. The second kappa shape index (κ2) is 14.1. The fraction of sp³-hybridized carbons (Fsp3) is 0.344. The molecule has 7 nitrogen and oxygen atoms in total. The van der Waals surface area contributed by atoms with Gasteiger partial charge in [-0.3, -0.25) is 0 Å². The van der Waals surface area contributed by atoms with Gasteiger partial charge in [0.1, 0.15) is 0 Å². The Kier molecular flexibility index (Phi) is 10.3. The maximum atomic E-state index is 11.8. The maximum Gasteiger partial charge on any atom is 0.315 e. The molecular formula is C32H39N3O4. The number of carbonyl (C=O) groups excluding carboxylic acids is 1. The Morgan fingerprint density at radius 2 is 1.59 bits per heavy atom. The summed E-state index contributed by atoms with van der Waals surface area (Å²) in [6.45, 7) is 8.24. The van der Waals surface area contributed by atoms with Crippen molar-refractivity contribution >= 4 is 6.03 Å². The molecule has 0 bridgehead atoms. The number of amides is 2. The summed E-state index contributed by atoms with van der Waals surface area (Å²) in [6, 6.07) is 26.1. The van der Waals surface area contributed by atoms with Gasteiger partial charge in [-0.15, -0.1) is 6.58 Å². The highest BCUT2D eigenvalue weighted by atomic mass is 16.7. The molecule has 1 heterocycles. The van der Waals surface area contributed by atoms with E-state index < -0.39 is 6.29 Å². The van der Waals surface area contributed by atoms with Gasteiger partial charge in [-0.1, -0.05) is 84.9 Å². The fourth-order valence-electron chi connectivity index (χ4n) is 4.97. The van der Waals surface area contributed by atoms with Gasteiger partial charge < -0.3 is 30.1 Å². The number of aliphatic hydroxyl groups excluding tert-OH is 1. The van der Waals surface area contributed by atoms with E-state index >= 15 is 0 Å². The van der Waals surface area contributed by atoms with E-state index in [1.165, 1.54) is 0 Å². The van der Waals surface area contributed by atoms with Gasteiger partial charge in [-0.05, 0) is 36.2 Å². The lowest BCUT2D eigenvalue weighted by Gasteiger charge is -2.44. The second-order valence-corrected chi connectivity index (χ2v) is 9.86. The molecule has 0 aromatic heterocycles. The maximum absolute atomic E-state index is 11.8. The number of nitrogens with zero attached hydrogens (tertiary/aromatic N) is 1. The third kappa shape index (κ3) is 7.55. The summed E-state index contributed by atoms with van der Waals surface area (Å²) in [5, 5.41) is 15.2.